The fourth-order valence-corrected chi connectivity index (χ4v) is 5.01. The number of benzene rings is 2. The van der Waals surface area contributed by atoms with Gasteiger partial charge < -0.3 is 15.7 Å². The molecule has 2 aromatic rings. The third-order valence-corrected chi connectivity index (χ3v) is 6.53. The van der Waals surface area contributed by atoms with Crippen molar-refractivity contribution in [2.24, 2.45) is 0 Å². The van der Waals surface area contributed by atoms with Gasteiger partial charge in [-0.1, -0.05) is 35.9 Å². The lowest BCUT2D eigenvalue weighted by Crippen LogP contribution is -2.56. The fourth-order valence-electron chi connectivity index (χ4n) is 3.52. The predicted molar refractivity (Wildman–Crippen MR) is 120 cm³/mol. The van der Waals surface area contributed by atoms with Crippen molar-refractivity contribution in [3.8, 4) is 0 Å². The van der Waals surface area contributed by atoms with Crippen LogP contribution >= 0.6 is 35.8 Å². The Hall–Kier alpha value is -2.32. The molecule has 0 spiro atoms. The minimum Gasteiger partial charge on any atom is -0.394 e. The summed E-state index contributed by atoms with van der Waals surface area (Å²) in [4.78, 5) is 38.8. The van der Waals surface area contributed by atoms with Crippen LogP contribution in [0.25, 0.3) is 0 Å². The molecule has 4 rings (SSSR count). The van der Waals surface area contributed by atoms with E-state index in [4.69, 9.17) is 11.6 Å². The fraction of sp³-hybridized carbons (Fsp3) is 0.190. The van der Waals surface area contributed by atoms with E-state index in [9.17, 15) is 19.5 Å². The number of ketones is 2. The van der Waals surface area contributed by atoms with Gasteiger partial charge >= 0.3 is 0 Å². The maximum atomic E-state index is 13.1. The third kappa shape index (κ3) is 3.86. The van der Waals surface area contributed by atoms with Crippen LogP contribution in [0.1, 0.15) is 20.7 Å². The predicted octanol–water partition coefficient (Wildman–Crippen LogP) is 3.10. The Morgan fingerprint density at radius 2 is 1.70 bits per heavy atom. The van der Waals surface area contributed by atoms with E-state index < -0.39 is 18.1 Å². The van der Waals surface area contributed by atoms with Crippen LogP contribution in [0.15, 0.2) is 59.0 Å². The van der Waals surface area contributed by atoms with Gasteiger partial charge in [0.1, 0.15) is 5.54 Å². The molecule has 1 atom stereocenters. The summed E-state index contributed by atoms with van der Waals surface area (Å²) in [6.45, 7) is -0.540. The summed E-state index contributed by atoms with van der Waals surface area (Å²) in [5.74, 6) is -0.765. The van der Waals surface area contributed by atoms with Crippen LogP contribution in [0.3, 0.4) is 0 Å². The third-order valence-electron chi connectivity index (χ3n) is 4.96. The number of carbonyl (C=O) groups is 3. The highest BCUT2D eigenvalue weighted by molar-refractivity contribution is 8.04. The molecule has 30 heavy (non-hydrogen) atoms. The van der Waals surface area contributed by atoms with Crippen LogP contribution in [-0.2, 0) is 4.79 Å². The molecule has 0 saturated heterocycles. The zero-order valence-electron chi connectivity index (χ0n) is 15.6. The molecular weight excluding hydrogens is 447 g/mol. The van der Waals surface area contributed by atoms with E-state index in [0.717, 1.165) is 0 Å². The Bertz CT molecular complexity index is 1060. The first-order valence-electron chi connectivity index (χ1n) is 8.92. The molecule has 0 aromatic heterocycles. The lowest BCUT2D eigenvalue weighted by atomic mass is 9.80. The summed E-state index contributed by atoms with van der Waals surface area (Å²) in [5, 5.41) is 16.4. The van der Waals surface area contributed by atoms with Crippen molar-refractivity contribution < 1.29 is 19.5 Å². The van der Waals surface area contributed by atoms with Crippen LogP contribution in [0.5, 0.6) is 0 Å². The largest absolute Gasteiger partial charge is 0.394 e. The molecule has 0 saturated carbocycles. The Kier molecular flexibility index (Phi) is 6.57. The van der Waals surface area contributed by atoms with Gasteiger partial charge in [-0.25, -0.2) is 0 Å². The number of hydrogen-bond donors (Lipinski definition) is 3. The summed E-state index contributed by atoms with van der Waals surface area (Å²) in [6.07, 6.45) is 0. The van der Waals surface area contributed by atoms with E-state index in [1.165, 1.54) is 11.8 Å². The summed E-state index contributed by atoms with van der Waals surface area (Å²) in [6, 6.07) is 13.5. The Balaban J connectivity index is 0.00000256. The number of carbonyl (C=O) groups excluding carboxylic acids is 3. The number of aliphatic hydroxyl groups excluding tert-OH is 1. The van der Waals surface area contributed by atoms with Gasteiger partial charge in [0.15, 0.2) is 5.78 Å². The minimum absolute atomic E-state index is 0. The molecule has 1 aliphatic heterocycles. The molecule has 9 heteroatoms. The number of Topliss-reactive ketones (excluding diaryl/α,β-unsaturated/α-hetero) is 2. The zero-order valence-corrected chi connectivity index (χ0v) is 18.0. The number of thioether (sulfide) groups is 1. The zero-order chi connectivity index (χ0) is 20.6. The van der Waals surface area contributed by atoms with Gasteiger partial charge in [-0.15, -0.1) is 24.2 Å². The average Bonchev–Trinajstić information content (AvgIpc) is 3.11. The normalized spacial score (nSPS) is 19.7. The summed E-state index contributed by atoms with van der Waals surface area (Å²) in [7, 11) is 0. The molecule has 1 heterocycles. The van der Waals surface area contributed by atoms with Crippen molar-refractivity contribution in [2.45, 2.75) is 5.54 Å². The molecule has 3 N–H and O–H groups in total. The van der Waals surface area contributed by atoms with Crippen molar-refractivity contribution in [3.05, 3.63) is 75.2 Å². The lowest BCUT2D eigenvalue weighted by Gasteiger charge is -2.31. The average molecular weight is 465 g/mol. The molecule has 0 fully saturated rings. The van der Waals surface area contributed by atoms with Crippen molar-refractivity contribution in [3.63, 3.8) is 0 Å². The molecule has 1 unspecified atom stereocenters. The topological polar surface area (TPSA) is 95.5 Å². The number of allylic oxidation sites excluding steroid dienone is 1. The number of anilines is 1. The minimum atomic E-state index is -1.29. The van der Waals surface area contributed by atoms with Gasteiger partial charge in [-0.2, -0.15) is 0 Å². The highest BCUT2D eigenvalue weighted by atomic mass is 35.5. The maximum Gasteiger partial charge on any atom is 0.240 e. The van der Waals surface area contributed by atoms with Crippen LogP contribution in [-0.4, -0.2) is 47.0 Å². The van der Waals surface area contributed by atoms with E-state index in [2.05, 4.69) is 10.6 Å². The molecule has 6 nitrogen and oxygen atoms in total. The van der Waals surface area contributed by atoms with Crippen molar-refractivity contribution >= 4 is 58.9 Å². The maximum absolute atomic E-state index is 13.1. The first-order chi connectivity index (χ1) is 13.9. The standard InChI is InChI=1S/C21H17ClN2O4S.ClH/c22-12-5-7-13(8-6-12)23-9-16(26)24-21(10-25)11-29-20-17(21)18(27)14-3-1-2-4-15(14)19(20)28;/h1-8,23,25H,9-11H2,(H,24,26);1H. The molecule has 0 bridgehead atoms. The Labute approximate surface area is 188 Å². The van der Waals surface area contributed by atoms with Crippen molar-refractivity contribution in [2.75, 3.05) is 24.2 Å². The molecular formula is C21H18Cl2N2O4S. The number of halogens is 2. The summed E-state index contributed by atoms with van der Waals surface area (Å²) >= 11 is 7.04. The Morgan fingerprint density at radius 1 is 1.07 bits per heavy atom. The number of aliphatic hydroxyl groups is 1. The van der Waals surface area contributed by atoms with Crippen LogP contribution in [0.2, 0.25) is 5.02 Å². The van der Waals surface area contributed by atoms with Gasteiger partial charge in [0.05, 0.1) is 18.1 Å². The number of fused-ring (bicyclic) bond motifs is 1. The first kappa shape index (κ1) is 22.4. The lowest BCUT2D eigenvalue weighted by molar-refractivity contribution is -0.121. The molecule has 2 aromatic carbocycles. The van der Waals surface area contributed by atoms with Gasteiger partial charge in [0.25, 0.3) is 0 Å². The molecule has 1 amide bonds. The summed E-state index contributed by atoms with van der Waals surface area (Å²) < 4.78 is 0. The smallest absolute Gasteiger partial charge is 0.240 e. The number of hydrogen-bond acceptors (Lipinski definition) is 6. The number of nitrogens with one attached hydrogen (secondary N) is 2. The molecule has 0 radical (unpaired) electrons. The number of rotatable bonds is 5. The van der Waals surface area contributed by atoms with E-state index >= 15 is 0 Å². The van der Waals surface area contributed by atoms with Gasteiger partial charge in [0.2, 0.25) is 11.7 Å². The quantitative estimate of drug-likeness (QED) is 0.628. The van der Waals surface area contributed by atoms with Crippen LogP contribution < -0.4 is 10.6 Å². The monoisotopic (exact) mass is 464 g/mol. The van der Waals surface area contributed by atoms with Crippen LogP contribution in [0.4, 0.5) is 5.69 Å². The highest BCUT2D eigenvalue weighted by Gasteiger charge is 2.50. The van der Waals surface area contributed by atoms with Gasteiger partial charge in [-0.3, -0.25) is 14.4 Å². The van der Waals surface area contributed by atoms with E-state index in [1.807, 2.05) is 0 Å². The SMILES string of the molecule is Cl.O=C(CNc1ccc(Cl)cc1)NC1(CO)CSC2=C1C(=O)c1ccccc1C2=O. The number of amides is 1. The molecule has 156 valence electrons. The van der Waals surface area contributed by atoms with E-state index in [0.29, 0.717) is 26.7 Å². The first-order valence-corrected chi connectivity index (χ1v) is 10.3. The van der Waals surface area contributed by atoms with Crippen molar-refractivity contribution in [1.82, 2.24) is 5.32 Å². The molecule has 2 aliphatic rings. The van der Waals surface area contributed by atoms with Gasteiger partial charge in [-0.05, 0) is 24.3 Å². The summed E-state index contributed by atoms with van der Waals surface area (Å²) in [5.41, 5.74) is 0.243. The highest BCUT2D eigenvalue weighted by Crippen LogP contribution is 2.45. The second kappa shape index (κ2) is 8.81. The van der Waals surface area contributed by atoms with E-state index in [-0.39, 0.29) is 41.8 Å². The molecule has 1 aliphatic carbocycles. The Morgan fingerprint density at radius 3 is 2.33 bits per heavy atom. The van der Waals surface area contributed by atoms with Crippen molar-refractivity contribution in [1.29, 1.82) is 0 Å². The second-order valence-corrected chi connectivity index (χ2v) is 8.27. The van der Waals surface area contributed by atoms with Gasteiger partial charge in [0, 0.05) is 33.2 Å². The van der Waals surface area contributed by atoms with E-state index in [1.54, 1.807) is 48.5 Å². The second-order valence-electron chi connectivity index (χ2n) is 6.85. The van der Waals surface area contributed by atoms with Crippen LogP contribution in [0, 0.1) is 0 Å².